The summed E-state index contributed by atoms with van der Waals surface area (Å²) in [5.41, 5.74) is 5.21. The number of anilines is 1. The molecule has 0 saturated heterocycles. The number of aromatic nitrogens is 2. The summed E-state index contributed by atoms with van der Waals surface area (Å²) in [4.78, 5) is 17.1. The second-order valence-corrected chi connectivity index (χ2v) is 7.73. The average molecular weight is 366 g/mol. The topological polar surface area (TPSA) is 46.9 Å². The molecule has 0 radical (unpaired) electrons. The number of aryl methyl sites for hydroxylation is 2. The normalized spacial score (nSPS) is 12.0. The van der Waals surface area contributed by atoms with E-state index in [0.717, 1.165) is 33.2 Å². The van der Waals surface area contributed by atoms with Crippen molar-refractivity contribution in [3.05, 3.63) is 65.9 Å². The fraction of sp³-hybridized carbons (Fsp3) is 0.238. The first kappa shape index (κ1) is 18.3. The van der Waals surface area contributed by atoms with E-state index in [9.17, 15) is 4.79 Å². The molecule has 1 aromatic heterocycles. The van der Waals surface area contributed by atoms with Gasteiger partial charge >= 0.3 is 0 Å². The molecule has 1 unspecified atom stereocenters. The molecular weight excluding hydrogens is 342 g/mol. The Hall–Kier alpha value is -2.53. The molecule has 1 atom stereocenters. The van der Waals surface area contributed by atoms with Gasteiger partial charge in [-0.3, -0.25) is 4.79 Å². The van der Waals surface area contributed by atoms with Gasteiger partial charge < -0.3 is 9.88 Å². The molecule has 3 aromatic rings. The summed E-state index contributed by atoms with van der Waals surface area (Å²) >= 11 is 1.46. The third-order valence-corrected chi connectivity index (χ3v) is 5.48. The predicted molar refractivity (Wildman–Crippen MR) is 109 cm³/mol. The Bertz CT molecular complexity index is 918. The molecule has 0 saturated carbocycles. The first-order valence-corrected chi connectivity index (χ1v) is 9.45. The van der Waals surface area contributed by atoms with Gasteiger partial charge in [0.05, 0.1) is 17.1 Å². The lowest BCUT2D eigenvalue weighted by Gasteiger charge is -2.14. The maximum atomic E-state index is 12.6. The minimum absolute atomic E-state index is 0.0204. The van der Waals surface area contributed by atoms with Crippen molar-refractivity contribution in [3.63, 3.8) is 0 Å². The van der Waals surface area contributed by atoms with Gasteiger partial charge in [0, 0.05) is 12.7 Å². The Balaban J connectivity index is 1.72. The highest BCUT2D eigenvalue weighted by molar-refractivity contribution is 8.00. The molecule has 0 aliphatic carbocycles. The van der Waals surface area contributed by atoms with E-state index in [1.165, 1.54) is 11.8 Å². The maximum Gasteiger partial charge on any atom is 0.237 e. The number of carbonyl (C=O) groups is 1. The first-order valence-electron chi connectivity index (χ1n) is 8.57. The van der Waals surface area contributed by atoms with Crippen LogP contribution in [0.4, 0.5) is 5.69 Å². The van der Waals surface area contributed by atoms with Gasteiger partial charge in [0.25, 0.3) is 0 Å². The monoisotopic (exact) mass is 365 g/mol. The maximum absolute atomic E-state index is 12.6. The number of rotatable bonds is 5. The van der Waals surface area contributed by atoms with Crippen LogP contribution in [0.1, 0.15) is 18.1 Å². The molecule has 1 N–H and O–H groups in total. The van der Waals surface area contributed by atoms with Crippen LogP contribution in [0.25, 0.3) is 11.3 Å². The summed E-state index contributed by atoms with van der Waals surface area (Å²) in [6, 6.07) is 16.2. The molecule has 1 heterocycles. The summed E-state index contributed by atoms with van der Waals surface area (Å²) in [5.74, 6) is -0.0204. The smallest absolute Gasteiger partial charge is 0.237 e. The Labute approximate surface area is 158 Å². The van der Waals surface area contributed by atoms with Gasteiger partial charge in [-0.2, -0.15) is 0 Å². The van der Waals surface area contributed by atoms with Crippen LogP contribution >= 0.6 is 11.8 Å². The zero-order chi connectivity index (χ0) is 18.7. The van der Waals surface area contributed by atoms with E-state index in [1.807, 2.05) is 75.0 Å². The molecule has 2 aromatic carbocycles. The van der Waals surface area contributed by atoms with Crippen molar-refractivity contribution in [2.24, 2.45) is 7.05 Å². The molecule has 0 aliphatic heterocycles. The highest BCUT2D eigenvalue weighted by atomic mass is 32.2. The largest absolute Gasteiger partial charge is 0.325 e. The van der Waals surface area contributed by atoms with Crippen LogP contribution < -0.4 is 5.32 Å². The van der Waals surface area contributed by atoms with Gasteiger partial charge in [-0.15, -0.1) is 0 Å². The van der Waals surface area contributed by atoms with Crippen molar-refractivity contribution in [3.8, 4) is 11.3 Å². The standard InChI is InChI=1S/C21H23N3OS/c1-14-10-11-15(2)18(12-14)23-20(25)16(3)26-21-22-13-19(24(21)4)17-8-6-5-7-9-17/h5-13,16H,1-4H3,(H,23,25). The summed E-state index contributed by atoms with van der Waals surface area (Å²) in [6.45, 7) is 5.92. The van der Waals surface area contributed by atoms with E-state index in [-0.39, 0.29) is 11.2 Å². The molecule has 5 heteroatoms. The van der Waals surface area contributed by atoms with Crippen molar-refractivity contribution in [2.75, 3.05) is 5.32 Å². The van der Waals surface area contributed by atoms with Crippen LogP contribution in [0, 0.1) is 13.8 Å². The number of nitrogens with one attached hydrogen (secondary N) is 1. The van der Waals surface area contributed by atoms with Crippen LogP contribution in [0.2, 0.25) is 0 Å². The van der Waals surface area contributed by atoms with Gasteiger partial charge in [-0.05, 0) is 43.5 Å². The number of thioether (sulfide) groups is 1. The van der Waals surface area contributed by atoms with Gasteiger partial charge in [0.2, 0.25) is 5.91 Å². The van der Waals surface area contributed by atoms with E-state index >= 15 is 0 Å². The zero-order valence-electron chi connectivity index (χ0n) is 15.5. The fourth-order valence-corrected chi connectivity index (χ4v) is 3.55. The quantitative estimate of drug-likeness (QED) is 0.659. The predicted octanol–water partition coefficient (Wildman–Crippen LogP) is 4.82. The van der Waals surface area contributed by atoms with Crippen LogP contribution in [-0.2, 0) is 11.8 Å². The molecule has 3 rings (SSSR count). The Morgan fingerprint density at radius 3 is 2.62 bits per heavy atom. The number of hydrogen-bond donors (Lipinski definition) is 1. The fourth-order valence-electron chi connectivity index (χ4n) is 2.70. The van der Waals surface area contributed by atoms with Gasteiger partial charge in [-0.1, -0.05) is 54.2 Å². The lowest BCUT2D eigenvalue weighted by atomic mass is 10.1. The number of nitrogens with zero attached hydrogens (tertiary/aromatic N) is 2. The minimum atomic E-state index is -0.250. The second-order valence-electron chi connectivity index (χ2n) is 6.42. The van der Waals surface area contributed by atoms with Crippen LogP contribution in [0.15, 0.2) is 59.9 Å². The lowest BCUT2D eigenvalue weighted by molar-refractivity contribution is -0.115. The van der Waals surface area contributed by atoms with Crippen LogP contribution in [0.5, 0.6) is 0 Å². The van der Waals surface area contributed by atoms with Crippen molar-refractivity contribution < 1.29 is 4.79 Å². The highest BCUT2D eigenvalue weighted by Crippen LogP contribution is 2.28. The van der Waals surface area contributed by atoms with Gasteiger partial charge in [0.15, 0.2) is 5.16 Å². The Morgan fingerprint density at radius 1 is 1.15 bits per heavy atom. The lowest BCUT2D eigenvalue weighted by Crippen LogP contribution is -2.23. The molecule has 4 nitrogen and oxygen atoms in total. The number of amides is 1. The second kappa shape index (κ2) is 7.79. The Morgan fingerprint density at radius 2 is 1.88 bits per heavy atom. The third-order valence-electron chi connectivity index (χ3n) is 4.32. The Kier molecular flexibility index (Phi) is 5.47. The van der Waals surface area contributed by atoms with E-state index in [0.29, 0.717) is 0 Å². The van der Waals surface area contributed by atoms with Crippen molar-refractivity contribution >= 4 is 23.4 Å². The van der Waals surface area contributed by atoms with Crippen molar-refractivity contribution in [1.82, 2.24) is 9.55 Å². The highest BCUT2D eigenvalue weighted by Gasteiger charge is 2.19. The van der Waals surface area contributed by atoms with E-state index < -0.39 is 0 Å². The summed E-state index contributed by atoms with van der Waals surface area (Å²) in [5, 5.41) is 3.61. The van der Waals surface area contributed by atoms with E-state index in [1.54, 1.807) is 0 Å². The van der Waals surface area contributed by atoms with Crippen molar-refractivity contribution in [1.29, 1.82) is 0 Å². The summed E-state index contributed by atoms with van der Waals surface area (Å²) in [7, 11) is 1.98. The SMILES string of the molecule is Cc1ccc(C)c(NC(=O)C(C)Sc2ncc(-c3ccccc3)n2C)c1. The van der Waals surface area contributed by atoms with Crippen LogP contribution in [-0.4, -0.2) is 20.7 Å². The number of imidazole rings is 1. The zero-order valence-corrected chi connectivity index (χ0v) is 16.3. The first-order chi connectivity index (χ1) is 12.5. The van der Waals surface area contributed by atoms with Gasteiger partial charge in [-0.25, -0.2) is 4.98 Å². The average Bonchev–Trinajstić information content (AvgIpc) is 2.99. The molecule has 1 amide bonds. The molecule has 0 bridgehead atoms. The number of carbonyl (C=O) groups excluding carboxylic acids is 1. The summed E-state index contributed by atoms with van der Waals surface area (Å²) < 4.78 is 2.03. The third kappa shape index (κ3) is 3.99. The minimum Gasteiger partial charge on any atom is -0.325 e. The van der Waals surface area contributed by atoms with Crippen LogP contribution in [0.3, 0.4) is 0 Å². The molecule has 26 heavy (non-hydrogen) atoms. The summed E-state index contributed by atoms with van der Waals surface area (Å²) in [6.07, 6.45) is 1.85. The molecule has 134 valence electrons. The van der Waals surface area contributed by atoms with E-state index in [2.05, 4.69) is 22.4 Å². The molecule has 0 aliphatic rings. The molecule has 0 fully saturated rings. The molecular formula is C21H23N3OS. The number of hydrogen-bond acceptors (Lipinski definition) is 3. The van der Waals surface area contributed by atoms with Gasteiger partial charge in [0.1, 0.15) is 0 Å². The number of benzene rings is 2. The van der Waals surface area contributed by atoms with Crippen molar-refractivity contribution in [2.45, 2.75) is 31.2 Å². The van der Waals surface area contributed by atoms with E-state index in [4.69, 9.17) is 0 Å². The molecule has 0 spiro atoms.